The zero-order valence-corrected chi connectivity index (χ0v) is 16.5. The van der Waals surface area contributed by atoms with Crippen molar-refractivity contribution in [1.29, 1.82) is 0 Å². The molecule has 1 aromatic heterocycles. The summed E-state index contributed by atoms with van der Waals surface area (Å²) in [6, 6.07) is 10.3. The second-order valence-electron chi connectivity index (χ2n) is 7.03. The fourth-order valence-electron chi connectivity index (χ4n) is 3.57. The Morgan fingerprint density at radius 2 is 1.64 bits per heavy atom. The highest BCUT2D eigenvalue weighted by molar-refractivity contribution is 6.30. The molecule has 132 valence electrons. The summed E-state index contributed by atoms with van der Waals surface area (Å²) < 4.78 is 6.35. The second-order valence-corrected chi connectivity index (χ2v) is 7.47. The summed E-state index contributed by atoms with van der Waals surface area (Å²) in [6.45, 7) is 8.81. The van der Waals surface area contributed by atoms with Crippen molar-refractivity contribution in [3.63, 3.8) is 0 Å². The lowest BCUT2D eigenvalue weighted by molar-refractivity contribution is 0.528. The molecule has 0 atom stereocenters. The summed E-state index contributed by atoms with van der Waals surface area (Å²) in [5.41, 5.74) is 7.42. The predicted octanol–water partition coefficient (Wildman–Crippen LogP) is 7.80. The molecule has 0 saturated carbocycles. The molecular weight excluding hydrogens is 328 g/mol. The van der Waals surface area contributed by atoms with Crippen LogP contribution in [0.4, 0.5) is 0 Å². The Hall–Kier alpha value is -1.73. The number of unbranched alkanes of at least 4 members (excludes halogenated alkanes) is 3. The topological polar surface area (TPSA) is 13.1 Å². The molecule has 1 heterocycles. The summed E-state index contributed by atoms with van der Waals surface area (Å²) >= 11 is 6.10. The number of hydrogen-bond acceptors (Lipinski definition) is 1. The summed E-state index contributed by atoms with van der Waals surface area (Å²) in [4.78, 5) is 0. The maximum Gasteiger partial charge on any atom is 0.135 e. The molecule has 0 N–H and O–H groups in total. The molecule has 0 bridgehead atoms. The molecule has 1 nitrogen and oxygen atoms in total. The highest BCUT2D eigenvalue weighted by Gasteiger charge is 2.19. The van der Waals surface area contributed by atoms with Crippen LogP contribution in [0.1, 0.15) is 55.1 Å². The molecule has 0 aliphatic carbocycles. The molecule has 0 amide bonds. The highest BCUT2D eigenvalue weighted by Crippen LogP contribution is 2.39. The fourth-order valence-corrected chi connectivity index (χ4v) is 3.70. The smallest absolute Gasteiger partial charge is 0.135 e. The van der Waals surface area contributed by atoms with E-state index in [1.165, 1.54) is 58.9 Å². The van der Waals surface area contributed by atoms with E-state index in [9.17, 15) is 0 Å². The van der Waals surface area contributed by atoms with Crippen LogP contribution >= 0.6 is 11.6 Å². The number of hydrogen-bond donors (Lipinski definition) is 0. The minimum Gasteiger partial charge on any atom is -0.460 e. The van der Waals surface area contributed by atoms with E-state index < -0.39 is 0 Å². The van der Waals surface area contributed by atoms with Crippen LogP contribution < -0.4 is 0 Å². The molecule has 0 unspecified atom stereocenters. The Morgan fingerprint density at radius 1 is 0.920 bits per heavy atom. The molecule has 0 fully saturated rings. The van der Waals surface area contributed by atoms with Crippen LogP contribution in [0.2, 0.25) is 5.02 Å². The average molecular weight is 355 g/mol. The van der Waals surface area contributed by atoms with Crippen LogP contribution in [-0.2, 0) is 6.42 Å². The quantitative estimate of drug-likeness (QED) is 0.411. The van der Waals surface area contributed by atoms with Gasteiger partial charge in [-0.3, -0.25) is 0 Å². The second kappa shape index (κ2) is 7.66. The van der Waals surface area contributed by atoms with Crippen molar-refractivity contribution in [3.8, 4) is 11.1 Å². The average Bonchev–Trinajstić information content (AvgIpc) is 2.95. The van der Waals surface area contributed by atoms with E-state index in [0.717, 1.165) is 22.8 Å². The van der Waals surface area contributed by atoms with E-state index in [0.29, 0.717) is 0 Å². The Bertz CT molecular complexity index is 871. The molecule has 3 rings (SSSR count). The van der Waals surface area contributed by atoms with Crippen LogP contribution in [0.15, 0.2) is 34.7 Å². The van der Waals surface area contributed by atoms with Gasteiger partial charge in [-0.05, 0) is 67.6 Å². The lowest BCUT2D eigenvalue weighted by atomic mass is 9.93. The Labute approximate surface area is 156 Å². The van der Waals surface area contributed by atoms with E-state index in [1.807, 2.05) is 12.1 Å². The molecule has 0 radical (unpaired) electrons. The number of halogens is 1. The number of benzene rings is 2. The first-order chi connectivity index (χ1) is 12.0. The fraction of sp³-hybridized carbons (Fsp3) is 0.391. The van der Waals surface area contributed by atoms with Crippen molar-refractivity contribution in [2.75, 3.05) is 0 Å². The van der Waals surface area contributed by atoms with Crippen molar-refractivity contribution in [1.82, 2.24) is 0 Å². The van der Waals surface area contributed by atoms with Crippen molar-refractivity contribution >= 4 is 22.6 Å². The number of fused-ring (bicyclic) bond motifs is 1. The van der Waals surface area contributed by atoms with Crippen LogP contribution in [0.3, 0.4) is 0 Å². The first kappa shape index (κ1) is 18.1. The number of rotatable bonds is 6. The maximum atomic E-state index is 6.35. The van der Waals surface area contributed by atoms with Crippen LogP contribution in [0.5, 0.6) is 0 Å². The van der Waals surface area contributed by atoms with Crippen molar-refractivity contribution in [2.24, 2.45) is 0 Å². The monoisotopic (exact) mass is 354 g/mol. The van der Waals surface area contributed by atoms with Gasteiger partial charge in [0.1, 0.15) is 11.3 Å². The third-order valence-corrected chi connectivity index (χ3v) is 5.53. The minimum atomic E-state index is 0.768. The van der Waals surface area contributed by atoms with Gasteiger partial charge in [-0.25, -0.2) is 0 Å². The molecule has 0 aliphatic heterocycles. The van der Waals surface area contributed by atoms with Gasteiger partial charge in [0.05, 0.1) is 0 Å². The van der Waals surface area contributed by atoms with Gasteiger partial charge in [-0.15, -0.1) is 0 Å². The van der Waals surface area contributed by atoms with Gasteiger partial charge in [-0.2, -0.15) is 0 Å². The Morgan fingerprint density at radius 3 is 2.32 bits per heavy atom. The third-order valence-electron chi connectivity index (χ3n) is 5.28. The van der Waals surface area contributed by atoms with Crippen molar-refractivity contribution in [3.05, 3.63) is 57.8 Å². The van der Waals surface area contributed by atoms with Gasteiger partial charge < -0.3 is 4.42 Å². The highest BCUT2D eigenvalue weighted by atomic mass is 35.5. The minimum absolute atomic E-state index is 0.768. The van der Waals surface area contributed by atoms with Crippen molar-refractivity contribution in [2.45, 2.75) is 59.8 Å². The van der Waals surface area contributed by atoms with E-state index in [4.69, 9.17) is 16.0 Å². The van der Waals surface area contributed by atoms with Gasteiger partial charge >= 0.3 is 0 Å². The normalized spacial score (nSPS) is 11.4. The van der Waals surface area contributed by atoms with E-state index in [-0.39, 0.29) is 0 Å². The lowest BCUT2D eigenvalue weighted by Crippen LogP contribution is -1.90. The predicted molar refractivity (Wildman–Crippen MR) is 109 cm³/mol. The molecular formula is C23H27ClO. The van der Waals surface area contributed by atoms with Crippen LogP contribution in [0.25, 0.3) is 22.1 Å². The molecule has 0 saturated heterocycles. The molecule has 3 aromatic rings. The number of aryl methyl sites for hydroxylation is 3. The SMILES string of the molecule is CCCCCCc1oc2cc(C)c(C)c(C)c2c1-c1ccc(Cl)cc1. The van der Waals surface area contributed by atoms with E-state index in [2.05, 4.69) is 45.9 Å². The zero-order valence-electron chi connectivity index (χ0n) is 15.7. The Balaban J connectivity index is 2.15. The Kier molecular flexibility index (Phi) is 5.54. The lowest BCUT2D eigenvalue weighted by Gasteiger charge is -2.08. The standard InChI is InChI=1S/C23H27ClO/c1-5-6-7-8-9-20-23(18-10-12-19(24)13-11-18)22-17(4)16(3)15(2)14-21(22)25-20/h10-14H,5-9H2,1-4H3. The van der Waals surface area contributed by atoms with Crippen LogP contribution in [-0.4, -0.2) is 0 Å². The molecule has 0 aliphatic rings. The maximum absolute atomic E-state index is 6.35. The summed E-state index contributed by atoms with van der Waals surface area (Å²) in [6.07, 6.45) is 5.95. The summed E-state index contributed by atoms with van der Waals surface area (Å²) in [5, 5.41) is 2.03. The van der Waals surface area contributed by atoms with Gasteiger partial charge in [0, 0.05) is 22.4 Å². The molecule has 25 heavy (non-hydrogen) atoms. The zero-order chi connectivity index (χ0) is 18.0. The van der Waals surface area contributed by atoms with Gasteiger partial charge in [0.2, 0.25) is 0 Å². The largest absolute Gasteiger partial charge is 0.460 e. The molecule has 2 heteroatoms. The van der Waals surface area contributed by atoms with E-state index in [1.54, 1.807) is 0 Å². The van der Waals surface area contributed by atoms with Crippen LogP contribution in [0, 0.1) is 20.8 Å². The van der Waals surface area contributed by atoms with Gasteiger partial charge in [0.15, 0.2) is 0 Å². The first-order valence-electron chi connectivity index (χ1n) is 9.31. The first-order valence-corrected chi connectivity index (χ1v) is 9.68. The summed E-state index contributed by atoms with van der Waals surface area (Å²) in [5.74, 6) is 1.11. The third kappa shape index (κ3) is 3.62. The molecule has 0 spiro atoms. The van der Waals surface area contributed by atoms with Crippen molar-refractivity contribution < 1.29 is 4.42 Å². The van der Waals surface area contributed by atoms with Gasteiger partial charge in [-0.1, -0.05) is 49.9 Å². The van der Waals surface area contributed by atoms with E-state index >= 15 is 0 Å². The molecule has 2 aromatic carbocycles. The summed E-state index contributed by atoms with van der Waals surface area (Å²) in [7, 11) is 0. The number of furan rings is 1. The van der Waals surface area contributed by atoms with Gasteiger partial charge in [0.25, 0.3) is 0 Å².